The summed E-state index contributed by atoms with van der Waals surface area (Å²) in [5.41, 5.74) is 0. The van der Waals surface area contributed by atoms with Gasteiger partial charge in [-0.2, -0.15) is 0 Å². The predicted octanol–water partition coefficient (Wildman–Crippen LogP) is 15.3. The van der Waals surface area contributed by atoms with Crippen LogP contribution in [0.15, 0.2) is 85.1 Å². The highest BCUT2D eigenvalue weighted by Gasteiger charge is 2.47. The van der Waals surface area contributed by atoms with Crippen LogP contribution in [0.25, 0.3) is 0 Å². The van der Waals surface area contributed by atoms with Gasteiger partial charge in [0.05, 0.1) is 25.4 Å². The van der Waals surface area contributed by atoms with Crippen molar-refractivity contribution in [2.75, 3.05) is 13.2 Å². The molecule has 8 unspecified atom stereocenters. The van der Waals surface area contributed by atoms with E-state index in [-0.39, 0.29) is 19.4 Å². The summed E-state index contributed by atoms with van der Waals surface area (Å²) in [4.78, 5) is 26.6. The third-order valence-electron chi connectivity index (χ3n) is 14.5. The van der Waals surface area contributed by atoms with E-state index in [4.69, 9.17) is 14.2 Å². The summed E-state index contributed by atoms with van der Waals surface area (Å²) in [6, 6.07) is -1.04. The van der Waals surface area contributed by atoms with Crippen molar-refractivity contribution in [3.05, 3.63) is 85.1 Å². The zero-order chi connectivity index (χ0) is 56.8. The van der Waals surface area contributed by atoms with E-state index < -0.39 is 67.4 Å². The Hall–Kier alpha value is -3.16. The number of carbonyl (C=O) groups is 2. The summed E-state index contributed by atoms with van der Waals surface area (Å²) in [6.07, 6.45) is 60.4. The summed E-state index contributed by atoms with van der Waals surface area (Å²) < 4.78 is 17.6. The fraction of sp³-hybridized carbons (Fsp3) is 0.761. The number of ether oxygens (including phenoxy) is 3. The van der Waals surface area contributed by atoms with E-state index in [0.29, 0.717) is 12.8 Å². The second kappa shape index (κ2) is 54.4. The van der Waals surface area contributed by atoms with Gasteiger partial charge in [0.1, 0.15) is 24.4 Å². The van der Waals surface area contributed by atoms with Crippen molar-refractivity contribution in [1.82, 2.24) is 5.32 Å². The van der Waals surface area contributed by atoms with E-state index >= 15 is 0 Å². The first-order valence-electron chi connectivity index (χ1n) is 31.9. The molecule has 0 saturated carbocycles. The maximum Gasteiger partial charge on any atom is 0.306 e. The number of unbranched alkanes of at least 4 members (excludes halogenated alkanes) is 27. The Balaban J connectivity index is 2.70. The number of aliphatic hydroxyl groups excluding tert-OH is 5. The molecule has 6 N–H and O–H groups in total. The van der Waals surface area contributed by atoms with Crippen molar-refractivity contribution in [3.63, 3.8) is 0 Å². The zero-order valence-corrected chi connectivity index (χ0v) is 49.8. The largest absolute Gasteiger partial charge is 0.454 e. The summed E-state index contributed by atoms with van der Waals surface area (Å²) in [5, 5.41) is 57.0. The lowest BCUT2D eigenvalue weighted by molar-refractivity contribution is -0.305. The van der Waals surface area contributed by atoms with E-state index in [9.17, 15) is 35.1 Å². The second-order valence-corrected chi connectivity index (χ2v) is 21.8. The summed E-state index contributed by atoms with van der Waals surface area (Å²) in [6.45, 7) is 5.72. The van der Waals surface area contributed by atoms with Crippen LogP contribution in [0, 0.1) is 0 Å². The molecule has 0 aromatic rings. The average molecular weight is 1100 g/mol. The number of nitrogens with one attached hydrogen (secondary N) is 1. The van der Waals surface area contributed by atoms with Gasteiger partial charge in [0, 0.05) is 6.42 Å². The van der Waals surface area contributed by atoms with E-state index in [2.05, 4.69) is 99.0 Å². The molecular weight excluding hydrogens is 979 g/mol. The van der Waals surface area contributed by atoms with Crippen LogP contribution in [0.1, 0.15) is 265 Å². The van der Waals surface area contributed by atoms with Crippen LogP contribution in [0.2, 0.25) is 0 Å². The molecule has 0 spiro atoms. The number of aliphatic hydroxyl groups is 5. The van der Waals surface area contributed by atoms with Crippen molar-refractivity contribution in [3.8, 4) is 0 Å². The van der Waals surface area contributed by atoms with Crippen molar-refractivity contribution in [2.45, 2.75) is 314 Å². The van der Waals surface area contributed by atoms with Gasteiger partial charge in [0.25, 0.3) is 0 Å². The number of hydrogen-bond acceptors (Lipinski definition) is 10. The lowest BCUT2D eigenvalue weighted by Gasteiger charge is -2.41. The standard InChI is InChI=1S/C67H117NO10/c1-4-7-10-13-16-19-22-25-27-29-31-33-35-37-40-43-46-49-52-55-62(72)78-65-64(74)63(73)61(56-69)77-67(65)76-57-58(59(70)53-50-47-44-41-38-24-21-18-15-12-9-6-3)68-66(75)60(71)54-51-48-45-42-39-36-34-32-30-28-26-23-20-17-14-11-8-5-2/h16-17,19-20,25-28,31,33,37,40,50,53,58-61,63-65,67,69-71,73-74H,4-15,18,21-24,29-30,32,34-36,38-39,41-49,51-52,54-57H2,1-3H3,(H,68,75)/b19-16-,20-17-,27-25-,28-26-,33-31-,40-37-,53-50+. The maximum absolute atomic E-state index is 13.4. The molecule has 8 atom stereocenters. The third-order valence-corrected chi connectivity index (χ3v) is 14.5. The number of hydrogen-bond donors (Lipinski definition) is 6. The lowest BCUT2D eigenvalue weighted by Crippen LogP contribution is -2.61. The molecule has 1 rings (SSSR count). The van der Waals surface area contributed by atoms with Crippen LogP contribution < -0.4 is 5.32 Å². The number of rotatable bonds is 53. The Bertz CT molecular complexity index is 1590. The molecule has 1 aliphatic heterocycles. The Morgan fingerprint density at radius 1 is 0.500 bits per heavy atom. The first-order chi connectivity index (χ1) is 38.2. The predicted molar refractivity (Wildman–Crippen MR) is 324 cm³/mol. The minimum atomic E-state index is -1.63. The van der Waals surface area contributed by atoms with Crippen LogP contribution in [0.3, 0.4) is 0 Å². The quantitative estimate of drug-likeness (QED) is 0.0195. The van der Waals surface area contributed by atoms with Gasteiger partial charge < -0.3 is 45.1 Å². The van der Waals surface area contributed by atoms with E-state index in [1.807, 2.05) is 6.08 Å². The van der Waals surface area contributed by atoms with Gasteiger partial charge >= 0.3 is 5.97 Å². The Kier molecular flexibility index (Phi) is 50.8. The Morgan fingerprint density at radius 2 is 0.885 bits per heavy atom. The highest BCUT2D eigenvalue weighted by molar-refractivity contribution is 5.80. The molecular formula is C67H117NO10. The molecule has 1 heterocycles. The molecule has 0 aromatic carbocycles. The summed E-state index contributed by atoms with van der Waals surface area (Å²) in [7, 11) is 0. The highest BCUT2D eigenvalue weighted by atomic mass is 16.7. The molecule has 11 heteroatoms. The molecule has 0 aromatic heterocycles. The van der Waals surface area contributed by atoms with E-state index in [1.54, 1.807) is 6.08 Å². The zero-order valence-electron chi connectivity index (χ0n) is 49.8. The topological polar surface area (TPSA) is 175 Å². The molecule has 1 aliphatic rings. The van der Waals surface area contributed by atoms with Gasteiger partial charge in [-0.3, -0.25) is 9.59 Å². The van der Waals surface area contributed by atoms with Crippen LogP contribution in [0.4, 0.5) is 0 Å². The van der Waals surface area contributed by atoms with Crippen molar-refractivity contribution in [1.29, 1.82) is 0 Å². The molecule has 0 aliphatic carbocycles. The Labute approximate surface area is 476 Å². The molecule has 1 amide bonds. The number of allylic oxidation sites excluding steroid dienone is 13. The first kappa shape index (κ1) is 72.9. The fourth-order valence-corrected chi connectivity index (χ4v) is 9.43. The molecule has 0 radical (unpaired) electrons. The van der Waals surface area contributed by atoms with Crippen LogP contribution in [-0.2, 0) is 23.8 Å². The van der Waals surface area contributed by atoms with Gasteiger partial charge in [0.15, 0.2) is 12.4 Å². The minimum Gasteiger partial charge on any atom is -0.454 e. The van der Waals surface area contributed by atoms with Gasteiger partial charge in [-0.15, -0.1) is 0 Å². The first-order valence-corrected chi connectivity index (χ1v) is 31.9. The number of esters is 1. The van der Waals surface area contributed by atoms with Crippen molar-refractivity contribution < 1.29 is 49.3 Å². The minimum absolute atomic E-state index is 0.0825. The second-order valence-electron chi connectivity index (χ2n) is 21.8. The van der Waals surface area contributed by atoms with Gasteiger partial charge in [-0.05, 0) is 103 Å². The molecule has 1 fully saturated rings. The third kappa shape index (κ3) is 41.8. The Morgan fingerprint density at radius 3 is 1.35 bits per heavy atom. The van der Waals surface area contributed by atoms with Crippen LogP contribution in [-0.4, -0.2) is 99.6 Å². The van der Waals surface area contributed by atoms with Crippen LogP contribution >= 0.6 is 0 Å². The lowest BCUT2D eigenvalue weighted by atomic mass is 9.99. The SMILES string of the molecule is CCCCC/C=C\C/C=C\C/C=C\C/C=C\CCCCCC(=O)OC1C(OCC(NC(=O)C(O)CCCCCCCCCC/C=C\C/C=C\CCCCC)C(O)/C=C/CCCCCCCCCCCC)OC(CO)C(O)C1O. The summed E-state index contributed by atoms with van der Waals surface area (Å²) >= 11 is 0. The molecule has 450 valence electrons. The van der Waals surface area contributed by atoms with Crippen LogP contribution in [0.5, 0.6) is 0 Å². The highest BCUT2D eigenvalue weighted by Crippen LogP contribution is 2.26. The van der Waals surface area contributed by atoms with E-state index in [1.165, 1.54) is 128 Å². The van der Waals surface area contributed by atoms with Gasteiger partial charge in [-0.1, -0.05) is 241 Å². The molecule has 0 bridgehead atoms. The fourth-order valence-electron chi connectivity index (χ4n) is 9.43. The van der Waals surface area contributed by atoms with Crippen molar-refractivity contribution >= 4 is 11.9 Å². The van der Waals surface area contributed by atoms with E-state index in [0.717, 1.165) is 89.9 Å². The van der Waals surface area contributed by atoms with Crippen molar-refractivity contribution in [2.24, 2.45) is 0 Å². The smallest absolute Gasteiger partial charge is 0.306 e. The number of amides is 1. The monoisotopic (exact) mass is 1100 g/mol. The molecule has 78 heavy (non-hydrogen) atoms. The van der Waals surface area contributed by atoms with Gasteiger partial charge in [0.2, 0.25) is 5.91 Å². The van der Waals surface area contributed by atoms with Gasteiger partial charge in [-0.25, -0.2) is 0 Å². The maximum atomic E-state index is 13.4. The average Bonchev–Trinajstić information content (AvgIpc) is 3.45. The molecule has 1 saturated heterocycles. The molecule has 11 nitrogen and oxygen atoms in total. The summed E-state index contributed by atoms with van der Waals surface area (Å²) in [5.74, 6) is -1.23. The normalized spacial score (nSPS) is 19.5. The number of carbonyl (C=O) groups excluding carboxylic acids is 2.